The fourth-order valence-corrected chi connectivity index (χ4v) is 11.1. The molecule has 0 bridgehead atoms. The van der Waals surface area contributed by atoms with Gasteiger partial charge < -0.3 is 9.84 Å². The van der Waals surface area contributed by atoms with Gasteiger partial charge in [0.2, 0.25) is 0 Å². The fraction of sp³-hybridized carbons (Fsp3) is 0.900. The summed E-state index contributed by atoms with van der Waals surface area (Å²) in [5, 5.41) is 10.5. The minimum atomic E-state index is -0.528. The largest absolute Gasteiger partial charge is 0.481 e. The highest BCUT2D eigenvalue weighted by molar-refractivity contribution is 5.76. The van der Waals surface area contributed by atoms with Crippen LogP contribution in [0.2, 0.25) is 0 Å². The number of allylic oxidation sites excluding steroid dienone is 2. The van der Waals surface area contributed by atoms with Gasteiger partial charge in [-0.05, 0) is 104 Å². The van der Waals surface area contributed by atoms with E-state index in [1.807, 2.05) is 0 Å². The number of carbonyl (C=O) groups is 1. The molecule has 3 heteroatoms. The summed E-state index contributed by atoms with van der Waals surface area (Å²) in [6, 6.07) is 0. The van der Waals surface area contributed by atoms with E-state index in [2.05, 4.69) is 47.6 Å². The van der Waals surface area contributed by atoms with Crippen molar-refractivity contribution < 1.29 is 14.6 Å². The maximum absolute atomic E-state index is 12.8. The molecule has 3 nitrogen and oxygen atoms in total. The highest BCUT2D eigenvalue weighted by Gasteiger charge is 2.70. The van der Waals surface area contributed by atoms with Crippen LogP contribution in [-0.2, 0) is 9.53 Å². The maximum Gasteiger partial charge on any atom is 0.310 e. The second-order valence-corrected chi connectivity index (χ2v) is 15.0. The summed E-state index contributed by atoms with van der Waals surface area (Å²) >= 11 is 0. The van der Waals surface area contributed by atoms with Crippen LogP contribution >= 0.6 is 0 Å². The zero-order valence-corrected chi connectivity index (χ0v) is 21.9. The molecule has 1 saturated heterocycles. The van der Waals surface area contributed by atoms with Crippen molar-refractivity contribution >= 4 is 5.97 Å². The molecule has 0 aromatic rings. The van der Waals surface area contributed by atoms with Gasteiger partial charge in [0.05, 0.1) is 18.1 Å². The van der Waals surface area contributed by atoms with Crippen LogP contribution in [0.5, 0.6) is 0 Å². The van der Waals surface area contributed by atoms with Crippen molar-refractivity contribution in [3.05, 3.63) is 11.6 Å². The molecule has 184 valence electrons. The van der Waals surface area contributed by atoms with Crippen LogP contribution in [0, 0.1) is 50.2 Å². The van der Waals surface area contributed by atoms with Gasteiger partial charge in [0.15, 0.2) is 0 Å². The van der Waals surface area contributed by atoms with Crippen molar-refractivity contribution in [2.45, 2.75) is 112 Å². The molecule has 33 heavy (non-hydrogen) atoms. The number of rotatable bonds is 1. The third kappa shape index (κ3) is 2.54. The molecule has 0 amide bonds. The quantitative estimate of drug-likeness (QED) is 0.424. The number of hydrogen-bond donors (Lipinski definition) is 1. The van der Waals surface area contributed by atoms with Crippen LogP contribution in [-0.4, -0.2) is 23.8 Å². The summed E-state index contributed by atoms with van der Waals surface area (Å²) < 4.78 is 6.04. The Hall–Kier alpha value is -0.830. The Balaban J connectivity index is 1.43. The van der Waals surface area contributed by atoms with E-state index in [9.17, 15) is 9.90 Å². The van der Waals surface area contributed by atoms with Crippen molar-refractivity contribution in [2.24, 2.45) is 50.2 Å². The molecular formula is C30H46O3. The van der Waals surface area contributed by atoms with Gasteiger partial charge in [0, 0.05) is 5.41 Å². The van der Waals surface area contributed by atoms with Crippen molar-refractivity contribution in [3.8, 4) is 0 Å². The summed E-state index contributed by atoms with van der Waals surface area (Å²) in [5.41, 5.74) is 2.41. The first-order valence-electron chi connectivity index (χ1n) is 13.9. The minimum absolute atomic E-state index is 0.134. The molecule has 0 unspecified atom stereocenters. The smallest absolute Gasteiger partial charge is 0.310 e. The van der Waals surface area contributed by atoms with Gasteiger partial charge in [-0.25, -0.2) is 0 Å². The molecule has 1 N–H and O–H groups in total. The number of carboxylic acid groups (broad SMARTS) is 1. The Morgan fingerprint density at radius 2 is 1.64 bits per heavy atom. The second kappa shape index (κ2) is 6.48. The van der Waals surface area contributed by atoms with E-state index in [0.29, 0.717) is 22.9 Å². The molecule has 1 heterocycles. The predicted octanol–water partition coefficient (Wildman–Crippen LogP) is 7.25. The van der Waals surface area contributed by atoms with E-state index in [0.717, 1.165) is 51.0 Å². The Labute approximate surface area is 201 Å². The third-order valence-corrected chi connectivity index (χ3v) is 13.4. The highest BCUT2D eigenvalue weighted by Crippen LogP contribution is 2.76. The van der Waals surface area contributed by atoms with E-state index in [1.54, 1.807) is 5.57 Å². The van der Waals surface area contributed by atoms with E-state index in [1.165, 1.54) is 25.7 Å². The van der Waals surface area contributed by atoms with Gasteiger partial charge in [0.25, 0.3) is 0 Å². The van der Waals surface area contributed by atoms with Crippen molar-refractivity contribution in [2.75, 3.05) is 6.61 Å². The van der Waals surface area contributed by atoms with Crippen LogP contribution in [0.4, 0.5) is 0 Å². The first kappa shape index (κ1) is 22.6. The number of ether oxygens (including phenoxy) is 1. The Morgan fingerprint density at radius 3 is 2.30 bits per heavy atom. The average Bonchev–Trinajstić information content (AvgIpc) is 2.72. The van der Waals surface area contributed by atoms with Crippen molar-refractivity contribution in [1.29, 1.82) is 0 Å². The molecule has 6 aliphatic rings. The molecule has 4 saturated carbocycles. The van der Waals surface area contributed by atoms with E-state index < -0.39 is 11.4 Å². The summed E-state index contributed by atoms with van der Waals surface area (Å²) in [5.74, 6) is 1.16. The number of hydrogen-bond acceptors (Lipinski definition) is 2. The third-order valence-electron chi connectivity index (χ3n) is 13.4. The van der Waals surface area contributed by atoms with Crippen LogP contribution < -0.4 is 0 Å². The van der Waals surface area contributed by atoms with Gasteiger partial charge in [-0.15, -0.1) is 0 Å². The van der Waals surface area contributed by atoms with Crippen LogP contribution in [0.1, 0.15) is 106 Å². The Morgan fingerprint density at radius 1 is 0.909 bits per heavy atom. The van der Waals surface area contributed by atoms with Crippen LogP contribution in [0.25, 0.3) is 0 Å². The summed E-state index contributed by atoms with van der Waals surface area (Å²) in [7, 11) is 0. The van der Waals surface area contributed by atoms with Crippen molar-refractivity contribution in [1.82, 2.24) is 0 Å². The summed E-state index contributed by atoms with van der Waals surface area (Å²) in [4.78, 5) is 12.8. The number of carboxylic acids is 1. The van der Waals surface area contributed by atoms with E-state index >= 15 is 0 Å². The molecular weight excluding hydrogens is 408 g/mol. The number of aliphatic carboxylic acids is 1. The molecule has 1 aliphatic heterocycles. The van der Waals surface area contributed by atoms with Crippen molar-refractivity contribution in [3.63, 3.8) is 0 Å². The Kier molecular flexibility index (Phi) is 4.44. The normalized spacial score (nSPS) is 56.6. The van der Waals surface area contributed by atoms with E-state index in [4.69, 9.17) is 4.74 Å². The lowest BCUT2D eigenvalue weighted by molar-refractivity contribution is -0.286. The monoisotopic (exact) mass is 454 g/mol. The zero-order chi connectivity index (χ0) is 23.7. The van der Waals surface area contributed by atoms with Gasteiger partial charge in [-0.3, -0.25) is 4.79 Å². The molecule has 0 aromatic heterocycles. The van der Waals surface area contributed by atoms with Gasteiger partial charge in [-0.2, -0.15) is 0 Å². The molecule has 9 atom stereocenters. The molecule has 6 rings (SSSR count). The van der Waals surface area contributed by atoms with Gasteiger partial charge in [-0.1, -0.05) is 53.2 Å². The molecule has 5 fully saturated rings. The lowest BCUT2D eigenvalue weighted by Gasteiger charge is -2.72. The van der Waals surface area contributed by atoms with E-state index in [-0.39, 0.29) is 22.2 Å². The highest BCUT2D eigenvalue weighted by atomic mass is 16.5. The fourth-order valence-electron chi connectivity index (χ4n) is 11.1. The maximum atomic E-state index is 12.8. The predicted molar refractivity (Wildman–Crippen MR) is 131 cm³/mol. The first-order chi connectivity index (χ1) is 15.3. The van der Waals surface area contributed by atoms with Gasteiger partial charge in [0.1, 0.15) is 0 Å². The second-order valence-electron chi connectivity index (χ2n) is 15.0. The minimum Gasteiger partial charge on any atom is -0.481 e. The molecule has 0 radical (unpaired) electrons. The van der Waals surface area contributed by atoms with Gasteiger partial charge >= 0.3 is 5.97 Å². The summed E-state index contributed by atoms with van der Waals surface area (Å²) in [6.45, 7) is 16.0. The molecule has 5 aliphatic carbocycles. The van der Waals surface area contributed by atoms with Crippen LogP contribution in [0.3, 0.4) is 0 Å². The summed E-state index contributed by atoms with van der Waals surface area (Å²) in [6.07, 6.45) is 14.2. The Bertz CT molecular complexity index is 920. The topological polar surface area (TPSA) is 46.5 Å². The molecule has 0 aromatic carbocycles. The SMILES string of the molecule is CC1(C)CC[C@]2(C(=O)O)CC[C@]3(C)C(=CC[C@@H]4[C@@]5(C)CC[C@@H]6OC[C@@]6(C)[C@@H]5CC[C@]43C)[C@@H]2C1. The van der Waals surface area contributed by atoms with Crippen LogP contribution in [0.15, 0.2) is 11.6 Å². The number of fused-ring (bicyclic) bond motifs is 9. The standard InChI is InChI=1S/C30H46O3/c1-25(2)13-15-30(24(31)32)16-14-28(5)19(20(30)17-25)7-8-22-26(3)11-10-23-27(4,18-33-23)21(26)9-12-29(22,28)6/h7,20-23H,8-18H2,1-6H3,(H,31,32)/t20-,21+,22+,23-,26-,27-,28+,29+,30-/m0/s1. The average molecular weight is 455 g/mol. The molecule has 0 spiro atoms. The lowest BCUT2D eigenvalue weighted by Crippen LogP contribution is -2.68. The first-order valence-corrected chi connectivity index (χ1v) is 13.9. The zero-order valence-electron chi connectivity index (χ0n) is 21.9. The lowest BCUT2D eigenvalue weighted by atomic mass is 9.33.